The van der Waals surface area contributed by atoms with Crippen LogP contribution in [0.4, 0.5) is 5.82 Å². The van der Waals surface area contributed by atoms with Crippen molar-refractivity contribution >= 4 is 17.9 Å². The number of fused-ring (bicyclic) bond motifs is 1. The van der Waals surface area contributed by atoms with Gasteiger partial charge < -0.3 is 16.0 Å². The molecule has 0 radical (unpaired) electrons. The molecule has 5 heteroatoms. The Balaban J connectivity index is 1.79. The van der Waals surface area contributed by atoms with Crippen LogP contribution in [0.3, 0.4) is 0 Å². The molecule has 0 saturated heterocycles. The third-order valence-electron chi connectivity index (χ3n) is 3.45. The number of carbonyl (C=O) groups excluding carboxylic acids is 1. The van der Waals surface area contributed by atoms with Gasteiger partial charge in [0.1, 0.15) is 5.82 Å². The monoisotopic (exact) mass is 274 g/mol. The zero-order chi connectivity index (χ0) is 14.4. The average Bonchev–Trinajstić information content (AvgIpc) is 2.47. The molecule has 0 bridgehead atoms. The van der Waals surface area contributed by atoms with Gasteiger partial charge in [-0.05, 0) is 36.6 Å². The minimum Gasteiger partial charge on any atom is -0.370 e. The minimum atomic E-state index is -0.00270. The van der Waals surface area contributed by atoms with E-state index in [0.717, 1.165) is 37.3 Å². The number of amides is 1. The van der Waals surface area contributed by atoms with Crippen LogP contribution in [0.5, 0.6) is 0 Å². The van der Waals surface area contributed by atoms with Crippen molar-refractivity contribution < 1.29 is 4.79 Å². The number of aromatic nitrogens is 1. The van der Waals surface area contributed by atoms with E-state index in [1.807, 2.05) is 13.0 Å². The van der Waals surface area contributed by atoms with Gasteiger partial charge in [-0.1, -0.05) is 13.0 Å². The average molecular weight is 274 g/mol. The topological polar surface area (TPSA) is 77.9 Å². The number of nitrogens with zero attached hydrogens (tertiary/aromatic N) is 1. The molecule has 0 aromatic carbocycles. The van der Waals surface area contributed by atoms with E-state index < -0.39 is 0 Å². The van der Waals surface area contributed by atoms with E-state index in [-0.39, 0.29) is 11.8 Å². The lowest BCUT2D eigenvalue weighted by Gasteiger charge is -2.17. The molecule has 1 amide bonds. The second-order valence-corrected chi connectivity index (χ2v) is 5.29. The van der Waals surface area contributed by atoms with Gasteiger partial charge >= 0.3 is 0 Å². The second kappa shape index (κ2) is 7.03. The fraction of sp³-hybridized carbons (Fsp3) is 0.533. The van der Waals surface area contributed by atoms with Crippen molar-refractivity contribution in [1.82, 2.24) is 10.3 Å². The van der Waals surface area contributed by atoms with Crippen LogP contribution in [0.2, 0.25) is 0 Å². The lowest BCUT2D eigenvalue weighted by molar-refractivity contribution is -0.121. The molecule has 1 aliphatic rings. The van der Waals surface area contributed by atoms with Crippen molar-refractivity contribution in [3.05, 3.63) is 23.4 Å². The highest BCUT2D eigenvalue weighted by atomic mass is 16.1. The number of nitrogens with one attached hydrogen (secondary N) is 3. The van der Waals surface area contributed by atoms with Gasteiger partial charge in [0.05, 0.1) is 0 Å². The number of carbonyl (C=O) groups is 1. The first kappa shape index (κ1) is 14.5. The van der Waals surface area contributed by atoms with Gasteiger partial charge in [-0.3, -0.25) is 4.79 Å². The third-order valence-corrected chi connectivity index (χ3v) is 3.45. The van der Waals surface area contributed by atoms with Crippen LogP contribution in [-0.4, -0.2) is 30.2 Å². The van der Waals surface area contributed by atoms with Gasteiger partial charge in [0, 0.05) is 31.6 Å². The summed E-state index contributed by atoms with van der Waals surface area (Å²) in [6, 6.07) is 4.17. The second-order valence-electron chi connectivity index (χ2n) is 5.29. The predicted octanol–water partition coefficient (Wildman–Crippen LogP) is 1.77. The highest BCUT2D eigenvalue weighted by molar-refractivity contribution is 5.79. The Kier molecular flexibility index (Phi) is 5.09. The Labute approximate surface area is 119 Å². The number of hydrogen-bond donors (Lipinski definition) is 3. The Morgan fingerprint density at radius 3 is 3.25 bits per heavy atom. The summed E-state index contributed by atoms with van der Waals surface area (Å²) < 4.78 is 0. The van der Waals surface area contributed by atoms with E-state index in [1.165, 1.54) is 11.8 Å². The normalized spacial score (nSPS) is 14.8. The lowest BCUT2D eigenvalue weighted by Crippen LogP contribution is -2.27. The summed E-state index contributed by atoms with van der Waals surface area (Å²) in [5.41, 5.74) is 2.28. The van der Waals surface area contributed by atoms with Crippen LogP contribution in [0.15, 0.2) is 12.1 Å². The van der Waals surface area contributed by atoms with Crippen LogP contribution < -0.4 is 10.6 Å². The van der Waals surface area contributed by atoms with Crippen LogP contribution in [-0.2, 0) is 17.6 Å². The van der Waals surface area contributed by atoms with E-state index in [9.17, 15) is 4.79 Å². The van der Waals surface area contributed by atoms with Crippen LogP contribution in [0.25, 0.3) is 0 Å². The first-order valence-corrected chi connectivity index (χ1v) is 7.19. The van der Waals surface area contributed by atoms with Gasteiger partial charge in [-0.15, -0.1) is 0 Å². The van der Waals surface area contributed by atoms with Crippen LogP contribution in [0.1, 0.15) is 31.0 Å². The molecule has 3 N–H and O–H groups in total. The van der Waals surface area contributed by atoms with Crippen molar-refractivity contribution in [2.24, 2.45) is 5.92 Å². The van der Waals surface area contributed by atoms with Crippen LogP contribution in [0, 0.1) is 11.3 Å². The summed E-state index contributed by atoms with van der Waals surface area (Å²) in [6.45, 7) is 3.44. The van der Waals surface area contributed by atoms with Gasteiger partial charge in [0.25, 0.3) is 0 Å². The lowest BCUT2D eigenvalue weighted by atomic mass is 10.1. The quantitative estimate of drug-likeness (QED) is 0.692. The smallest absolute Gasteiger partial charge is 0.220 e. The largest absolute Gasteiger partial charge is 0.370 e. The molecule has 1 aromatic heterocycles. The molecule has 0 spiro atoms. The van der Waals surface area contributed by atoms with Crippen LogP contribution >= 0.6 is 0 Å². The van der Waals surface area contributed by atoms with Crippen molar-refractivity contribution in [3.63, 3.8) is 0 Å². The summed E-state index contributed by atoms with van der Waals surface area (Å²) >= 11 is 0. The van der Waals surface area contributed by atoms with Crippen molar-refractivity contribution in [1.29, 1.82) is 5.41 Å². The summed E-state index contributed by atoms with van der Waals surface area (Å²) in [7, 11) is 0. The SMILES string of the molecule is CC(C=N)CC(=O)NCCc1ccc2c(n1)NCCC2. The maximum atomic E-state index is 11.6. The molecule has 2 heterocycles. The summed E-state index contributed by atoms with van der Waals surface area (Å²) in [4.78, 5) is 16.2. The summed E-state index contributed by atoms with van der Waals surface area (Å²) in [5.74, 6) is 0.996. The molecule has 0 saturated carbocycles. The maximum Gasteiger partial charge on any atom is 0.220 e. The van der Waals surface area contributed by atoms with Crippen molar-refractivity contribution in [3.8, 4) is 0 Å². The molecule has 1 atom stereocenters. The van der Waals surface area contributed by atoms with E-state index in [0.29, 0.717) is 13.0 Å². The zero-order valence-electron chi connectivity index (χ0n) is 11.9. The molecule has 1 aliphatic heterocycles. The van der Waals surface area contributed by atoms with Crippen molar-refractivity contribution in [2.45, 2.75) is 32.6 Å². The minimum absolute atomic E-state index is 0.000990. The first-order valence-electron chi connectivity index (χ1n) is 7.19. The maximum absolute atomic E-state index is 11.6. The first-order chi connectivity index (χ1) is 9.69. The zero-order valence-corrected chi connectivity index (χ0v) is 11.9. The summed E-state index contributed by atoms with van der Waals surface area (Å²) in [5, 5.41) is 13.3. The number of anilines is 1. The molecular weight excluding hydrogens is 252 g/mol. The van der Waals surface area contributed by atoms with E-state index in [2.05, 4.69) is 21.7 Å². The number of rotatable bonds is 6. The molecule has 0 aliphatic carbocycles. The highest BCUT2D eigenvalue weighted by Gasteiger charge is 2.10. The predicted molar refractivity (Wildman–Crippen MR) is 80.3 cm³/mol. The Hall–Kier alpha value is -1.91. The highest BCUT2D eigenvalue weighted by Crippen LogP contribution is 2.19. The Morgan fingerprint density at radius 2 is 2.45 bits per heavy atom. The summed E-state index contributed by atoms with van der Waals surface area (Å²) in [6.07, 6.45) is 4.67. The number of hydrogen-bond acceptors (Lipinski definition) is 4. The molecule has 5 nitrogen and oxygen atoms in total. The van der Waals surface area contributed by atoms with Gasteiger partial charge in [-0.25, -0.2) is 4.98 Å². The fourth-order valence-electron chi connectivity index (χ4n) is 2.26. The van der Waals surface area contributed by atoms with Gasteiger partial charge in [-0.2, -0.15) is 0 Å². The molecule has 108 valence electrons. The molecular formula is C15H22N4O. The van der Waals surface area contributed by atoms with E-state index >= 15 is 0 Å². The van der Waals surface area contributed by atoms with Gasteiger partial charge in [0.15, 0.2) is 0 Å². The fourth-order valence-corrected chi connectivity index (χ4v) is 2.26. The van der Waals surface area contributed by atoms with Gasteiger partial charge in [0.2, 0.25) is 5.91 Å². The van der Waals surface area contributed by atoms with Crippen molar-refractivity contribution in [2.75, 3.05) is 18.4 Å². The van der Waals surface area contributed by atoms with E-state index in [1.54, 1.807) is 0 Å². The number of pyridine rings is 1. The molecule has 0 fully saturated rings. The molecule has 1 aromatic rings. The third kappa shape index (κ3) is 4.05. The van der Waals surface area contributed by atoms with E-state index in [4.69, 9.17) is 5.41 Å². The Morgan fingerprint density at radius 1 is 1.60 bits per heavy atom. The molecule has 20 heavy (non-hydrogen) atoms. The number of aryl methyl sites for hydroxylation is 1. The molecule has 2 rings (SSSR count). The molecule has 1 unspecified atom stereocenters. The Bertz CT molecular complexity index is 487. The standard InChI is InChI=1S/C15H22N4O/c1-11(10-16)9-14(20)17-8-6-13-5-4-12-3-2-7-18-15(12)19-13/h4-5,10-11,16H,2-3,6-9H2,1H3,(H,17,20)(H,18,19).